The van der Waals surface area contributed by atoms with Crippen LogP contribution in [0.25, 0.3) is 5.69 Å². The number of ether oxygens (including phenoxy) is 1. The second-order valence-electron chi connectivity index (χ2n) is 7.56. The number of amides is 1. The van der Waals surface area contributed by atoms with Gasteiger partial charge in [0.15, 0.2) is 0 Å². The molecule has 0 spiro atoms. The summed E-state index contributed by atoms with van der Waals surface area (Å²) in [5.74, 6) is 1.32. The Bertz CT molecular complexity index is 747. The van der Waals surface area contributed by atoms with Crippen LogP contribution in [-0.4, -0.2) is 39.9 Å². The molecule has 144 valence electrons. The lowest BCUT2D eigenvalue weighted by atomic mass is 10.1. The first-order valence-electron chi connectivity index (χ1n) is 10.2. The van der Waals surface area contributed by atoms with Crippen molar-refractivity contribution in [2.45, 2.75) is 63.4 Å². The number of hydrogen-bond donors (Lipinski definition) is 1. The maximum absolute atomic E-state index is 12.5. The van der Waals surface area contributed by atoms with E-state index in [9.17, 15) is 4.79 Å². The van der Waals surface area contributed by atoms with Gasteiger partial charge in [0, 0.05) is 12.5 Å². The van der Waals surface area contributed by atoms with Gasteiger partial charge in [0.1, 0.15) is 5.82 Å². The molecule has 0 radical (unpaired) electrons. The van der Waals surface area contributed by atoms with Crippen LogP contribution < -0.4 is 5.32 Å². The quantitative estimate of drug-likeness (QED) is 0.599. The Labute approximate surface area is 160 Å². The molecule has 1 heterocycles. The van der Waals surface area contributed by atoms with Crippen LogP contribution in [0.1, 0.15) is 73.7 Å². The molecule has 6 heteroatoms. The van der Waals surface area contributed by atoms with Gasteiger partial charge in [-0.1, -0.05) is 43.9 Å². The molecule has 2 saturated carbocycles. The highest BCUT2D eigenvalue weighted by atomic mass is 16.5. The highest BCUT2D eigenvalue weighted by Crippen LogP contribution is 2.39. The number of para-hydroxylation sites is 1. The monoisotopic (exact) mass is 368 g/mol. The molecule has 1 amide bonds. The van der Waals surface area contributed by atoms with Crippen LogP contribution in [0.2, 0.25) is 0 Å². The maximum atomic E-state index is 12.5. The van der Waals surface area contributed by atoms with Crippen molar-refractivity contribution < 1.29 is 9.53 Å². The van der Waals surface area contributed by atoms with E-state index in [1.54, 1.807) is 0 Å². The van der Waals surface area contributed by atoms with Gasteiger partial charge in [0.2, 0.25) is 5.82 Å². The fraction of sp³-hybridized carbons (Fsp3) is 0.571. The van der Waals surface area contributed by atoms with Gasteiger partial charge in [-0.05, 0) is 37.8 Å². The molecule has 4 rings (SSSR count). The summed E-state index contributed by atoms with van der Waals surface area (Å²) in [4.78, 5) is 17.0. The van der Waals surface area contributed by atoms with Crippen molar-refractivity contribution in [3.63, 3.8) is 0 Å². The Balaban J connectivity index is 1.33. The number of nitrogens with zero attached hydrogens (tertiary/aromatic N) is 3. The van der Waals surface area contributed by atoms with E-state index in [0.29, 0.717) is 25.2 Å². The van der Waals surface area contributed by atoms with Crippen molar-refractivity contribution in [2.75, 3.05) is 13.2 Å². The highest BCUT2D eigenvalue weighted by molar-refractivity contribution is 5.90. The molecule has 0 aliphatic heterocycles. The second kappa shape index (κ2) is 8.65. The predicted molar refractivity (Wildman–Crippen MR) is 103 cm³/mol. The van der Waals surface area contributed by atoms with Crippen molar-refractivity contribution in [1.29, 1.82) is 0 Å². The van der Waals surface area contributed by atoms with Crippen LogP contribution in [0.15, 0.2) is 30.3 Å². The van der Waals surface area contributed by atoms with Crippen molar-refractivity contribution in [3.8, 4) is 5.69 Å². The van der Waals surface area contributed by atoms with Gasteiger partial charge in [0.05, 0.1) is 18.4 Å². The molecule has 2 aliphatic carbocycles. The molecule has 2 aliphatic rings. The molecular formula is C21H28N4O2. The summed E-state index contributed by atoms with van der Waals surface area (Å²) >= 11 is 0. The Hall–Kier alpha value is -2.21. The van der Waals surface area contributed by atoms with Gasteiger partial charge in [-0.2, -0.15) is 0 Å². The normalized spacial score (nSPS) is 18.2. The smallest absolute Gasteiger partial charge is 0.291 e. The molecule has 1 aromatic heterocycles. The lowest BCUT2D eigenvalue weighted by molar-refractivity contribution is 0.0441. The van der Waals surface area contributed by atoms with Crippen LogP contribution in [-0.2, 0) is 4.74 Å². The predicted octanol–water partition coefficient (Wildman–Crippen LogP) is 3.61. The Morgan fingerprint density at radius 2 is 1.81 bits per heavy atom. The van der Waals surface area contributed by atoms with E-state index in [4.69, 9.17) is 4.74 Å². The molecule has 0 atom stereocenters. The topological polar surface area (TPSA) is 69.0 Å². The van der Waals surface area contributed by atoms with Crippen LogP contribution in [0, 0.1) is 0 Å². The summed E-state index contributed by atoms with van der Waals surface area (Å²) in [5, 5.41) is 7.38. The third-order valence-corrected chi connectivity index (χ3v) is 5.32. The molecule has 0 saturated heterocycles. The molecule has 0 bridgehead atoms. The van der Waals surface area contributed by atoms with Crippen LogP contribution in [0.5, 0.6) is 0 Å². The summed E-state index contributed by atoms with van der Waals surface area (Å²) in [6, 6.07) is 9.89. The SMILES string of the molecule is O=C(NCCOC1CCCCCC1)c1nc(C2CC2)n(-c2ccccc2)n1. The van der Waals surface area contributed by atoms with Crippen molar-refractivity contribution >= 4 is 5.91 Å². The zero-order valence-corrected chi connectivity index (χ0v) is 15.8. The average molecular weight is 368 g/mol. The van der Waals surface area contributed by atoms with E-state index >= 15 is 0 Å². The fourth-order valence-electron chi connectivity index (χ4n) is 3.66. The van der Waals surface area contributed by atoms with E-state index < -0.39 is 0 Å². The van der Waals surface area contributed by atoms with Crippen molar-refractivity contribution in [2.24, 2.45) is 0 Å². The largest absolute Gasteiger partial charge is 0.376 e. The Kier molecular flexibility index (Phi) is 5.82. The molecule has 2 aromatic rings. The number of carbonyl (C=O) groups is 1. The van der Waals surface area contributed by atoms with Gasteiger partial charge in [-0.3, -0.25) is 4.79 Å². The number of benzene rings is 1. The standard InChI is InChI=1S/C21H28N4O2/c26-21(22-14-15-27-18-10-6-1-2-7-11-18)19-23-20(16-12-13-16)25(24-19)17-8-4-3-5-9-17/h3-5,8-9,16,18H,1-2,6-7,10-15H2,(H,22,26). The van der Waals surface area contributed by atoms with Gasteiger partial charge in [-0.15, -0.1) is 5.10 Å². The number of carbonyl (C=O) groups excluding carboxylic acids is 1. The number of aromatic nitrogens is 3. The van der Waals surface area contributed by atoms with Gasteiger partial charge in [-0.25, -0.2) is 9.67 Å². The lowest BCUT2D eigenvalue weighted by Gasteiger charge is -2.15. The molecule has 1 N–H and O–H groups in total. The molecule has 2 fully saturated rings. The van der Waals surface area contributed by atoms with Crippen LogP contribution >= 0.6 is 0 Å². The zero-order valence-electron chi connectivity index (χ0n) is 15.8. The average Bonchev–Trinajstić information content (AvgIpc) is 3.50. The third-order valence-electron chi connectivity index (χ3n) is 5.32. The van der Waals surface area contributed by atoms with E-state index in [2.05, 4.69) is 15.4 Å². The van der Waals surface area contributed by atoms with E-state index in [1.165, 1.54) is 25.7 Å². The van der Waals surface area contributed by atoms with Crippen molar-refractivity contribution in [3.05, 3.63) is 42.0 Å². The highest BCUT2D eigenvalue weighted by Gasteiger charge is 2.31. The molecule has 0 unspecified atom stereocenters. The van der Waals surface area contributed by atoms with E-state index in [-0.39, 0.29) is 11.7 Å². The van der Waals surface area contributed by atoms with Gasteiger partial charge < -0.3 is 10.1 Å². The van der Waals surface area contributed by atoms with Crippen LogP contribution in [0.3, 0.4) is 0 Å². The summed E-state index contributed by atoms with van der Waals surface area (Å²) in [6.07, 6.45) is 9.99. The molecule has 6 nitrogen and oxygen atoms in total. The van der Waals surface area contributed by atoms with Crippen molar-refractivity contribution in [1.82, 2.24) is 20.1 Å². The van der Waals surface area contributed by atoms with Gasteiger partial charge >= 0.3 is 0 Å². The first-order valence-corrected chi connectivity index (χ1v) is 10.2. The minimum absolute atomic E-state index is 0.226. The lowest BCUT2D eigenvalue weighted by Crippen LogP contribution is -2.29. The minimum Gasteiger partial charge on any atom is -0.376 e. The fourth-order valence-corrected chi connectivity index (χ4v) is 3.66. The zero-order chi connectivity index (χ0) is 18.5. The molecule has 27 heavy (non-hydrogen) atoms. The minimum atomic E-state index is -0.226. The Morgan fingerprint density at radius 3 is 2.52 bits per heavy atom. The number of rotatable bonds is 7. The molecule has 1 aromatic carbocycles. The first-order chi connectivity index (χ1) is 13.3. The summed E-state index contributed by atoms with van der Waals surface area (Å²) < 4.78 is 7.75. The van der Waals surface area contributed by atoms with E-state index in [1.807, 2.05) is 35.0 Å². The number of hydrogen-bond acceptors (Lipinski definition) is 4. The summed E-state index contributed by atoms with van der Waals surface area (Å²) in [5.41, 5.74) is 0.947. The Morgan fingerprint density at radius 1 is 1.07 bits per heavy atom. The maximum Gasteiger partial charge on any atom is 0.291 e. The van der Waals surface area contributed by atoms with E-state index in [0.717, 1.165) is 37.2 Å². The first kappa shape index (κ1) is 18.2. The molecular weight excluding hydrogens is 340 g/mol. The van der Waals surface area contributed by atoms with Crippen LogP contribution in [0.4, 0.5) is 0 Å². The number of nitrogens with one attached hydrogen (secondary N) is 1. The third kappa shape index (κ3) is 4.75. The second-order valence-corrected chi connectivity index (χ2v) is 7.56. The summed E-state index contributed by atoms with van der Waals surface area (Å²) in [7, 11) is 0. The summed E-state index contributed by atoms with van der Waals surface area (Å²) in [6.45, 7) is 1.04. The van der Waals surface area contributed by atoms with Gasteiger partial charge in [0.25, 0.3) is 5.91 Å².